The summed E-state index contributed by atoms with van der Waals surface area (Å²) in [6.07, 6.45) is 1.55. The molecule has 0 aliphatic heterocycles. The quantitative estimate of drug-likeness (QED) is 0.460. The summed E-state index contributed by atoms with van der Waals surface area (Å²) in [7, 11) is 1.46. The van der Waals surface area contributed by atoms with Gasteiger partial charge in [0.05, 0.1) is 17.2 Å². The maximum absolute atomic E-state index is 14.2. The number of hydrogen-bond acceptors (Lipinski definition) is 2. The lowest BCUT2D eigenvalue weighted by Crippen LogP contribution is -1.93. The monoisotopic (exact) mass is 394 g/mol. The van der Waals surface area contributed by atoms with Crippen molar-refractivity contribution in [1.82, 2.24) is 4.98 Å². The Morgan fingerprint density at radius 2 is 1.68 bits per heavy atom. The van der Waals surface area contributed by atoms with Gasteiger partial charge in [0.25, 0.3) is 0 Å². The van der Waals surface area contributed by atoms with Crippen LogP contribution in [0.2, 0.25) is 15.2 Å². The lowest BCUT2D eigenvalue weighted by atomic mass is 9.98. The Balaban J connectivity index is 2.21. The molecular formula is C19H12Cl3FNO. The molecule has 1 aromatic heterocycles. The molecule has 2 nitrogen and oxygen atoms in total. The van der Waals surface area contributed by atoms with Crippen LogP contribution in [0.4, 0.5) is 4.39 Å². The summed E-state index contributed by atoms with van der Waals surface area (Å²) in [6, 6.07) is 10.2. The fourth-order valence-corrected chi connectivity index (χ4v) is 3.25. The van der Waals surface area contributed by atoms with E-state index in [0.29, 0.717) is 38.0 Å². The van der Waals surface area contributed by atoms with Crippen LogP contribution in [0, 0.1) is 12.7 Å². The van der Waals surface area contributed by atoms with Gasteiger partial charge in [-0.05, 0) is 30.7 Å². The van der Waals surface area contributed by atoms with Crippen LogP contribution in [0.1, 0.15) is 5.56 Å². The maximum atomic E-state index is 14.2. The van der Waals surface area contributed by atoms with Crippen LogP contribution in [-0.4, -0.2) is 12.1 Å². The molecule has 25 heavy (non-hydrogen) atoms. The molecule has 0 spiro atoms. The molecule has 3 rings (SSSR count). The van der Waals surface area contributed by atoms with E-state index in [2.05, 4.69) is 11.9 Å². The Labute approximate surface area is 160 Å². The topological polar surface area (TPSA) is 22.1 Å². The van der Waals surface area contributed by atoms with Crippen LogP contribution >= 0.6 is 34.8 Å². The smallest absolute Gasteiger partial charge is 0.148 e. The second-order valence-electron chi connectivity index (χ2n) is 5.27. The fourth-order valence-electron chi connectivity index (χ4n) is 2.54. The molecule has 0 saturated carbocycles. The van der Waals surface area contributed by atoms with Crippen molar-refractivity contribution < 1.29 is 9.13 Å². The van der Waals surface area contributed by atoms with Crippen LogP contribution in [0.5, 0.6) is 5.75 Å². The van der Waals surface area contributed by atoms with Crippen molar-refractivity contribution >= 4 is 34.8 Å². The van der Waals surface area contributed by atoms with E-state index in [1.54, 1.807) is 24.4 Å². The predicted molar refractivity (Wildman–Crippen MR) is 101 cm³/mol. The summed E-state index contributed by atoms with van der Waals surface area (Å²) in [4.78, 5) is 3.94. The molecule has 3 aromatic rings. The standard InChI is InChI=1S/C19H12Cl3FNO/c1-10-15(23)8-11(9-16(10)25-2)12-4-3-5-13(17(12)20)14-6-7-24-19(22)18(14)21/h3-9H,1H2,2H3. The highest BCUT2D eigenvalue weighted by atomic mass is 35.5. The minimum absolute atomic E-state index is 0.190. The van der Waals surface area contributed by atoms with Crippen molar-refractivity contribution in [3.63, 3.8) is 0 Å². The Kier molecular flexibility index (Phi) is 5.19. The van der Waals surface area contributed by atoms with Gasteiger partial charge in [0, 0.05) is 28.5 Å². The van der Waals surface area contributed by atoms with E-state index >= 15 is 0 Å². The molecule has 0 fully saturated rings. The predicted octanol–water partition coefficient (Wildman–Crippen LogP) is 6.71. The molecule has 0 atom stereocenters. The Morgan fingerprint density at radius 1 is 1.00 bits per heavy atom. The number of halogens is 4. The Hall–Kier alpha value is -1.81. The first-order valence-electron chi connectivity index (χ1n) is 7.22. The van der Waals surface area contributed by atoms with Crippen LogP contribution in [0.3, 0.4) is 0 Å². The average molecular weight is 396 g/mol. The Bertz CT molecular complexity index is 960. The first kappa shape index (κ1) is 18.0. The lowest BCUT2D eigenvalue weighted by Gasteiger charge is -2.14. The molecular weight excluding hydrogens is 384 g/mol. The summed E-state index contributed by atoms with van der Waals surface area (Å²) in [5.74, 6) is -0.123. The van der Waals surface area contributed by atoms with E-state index in [1.165, 1.54) is 13.2 Å². The maximum Gasteiger partial charge on any atom is 0.148 e. The van der Waals surface area contributed by atoms with E-state index < -0.39 is 5.82 Å². The molecule has 0 aliphatic carbocycles. The zero-order valence-electron chi connectivity index (χ0n) is 13.1. The van der Waals surface area contributed by atoms with E-state index in [0.717, 1.165) is 0 Å². The highest BCUT2D eigenvalue weighted by Crippen LogP contribution is 2.41. The number of hydrogen-bond donors (Lipinski definition) is 0. The number of benzene rings is 2. The van der Waals surface area contributed by atoms with Crippen LogP contribution < -0.4 is 4.74 Å². The van der Waals surface area contributed by atoms with Crippen LogP contribution in [0.25, 0.3) is 22.3 Å². The third-order valence-electron chi connectivity index (χ3n) is 3.82. The minimum Gasteiger partial charge on any atom is -0.496 e. The number of ether oxygens (including phenoxy) is 1. The first-order chi connectivity index (χ1) is 11.9. The van der Waals surface area contributed by atoms with E-state index in [1.807, 2.05) is 12.1 Å². The van der Waals surface area contributed by atoms with Crippen molar-refractivity contribution in [2.75, 3.05) is 7.11 Å². The highest BCUT2D eigenvalue weighted by molar-refractivity contribution is 6.43. The molecule has 6 heteroatoms. The molecule has 2 aromatic carbocycles. The van der Waals surface area contributed by atoms with Crippen LogP contribution in [0.15, 0.2) is 42.6 Å². The first-order valence-corrected chi connectivity index (χ1v) is 8.36. The third-order valence-corrected chi connectivity index (χ3v) is 4.99. The van der Waals surface area contributed by atoms with Gasteiger partial charge >= 0.3 is 0 Å². The van der Waals surface area contributed by atoms with E-state index in [-0.39, 0.29) is 10.7 Å². The van der Waals surface area contributed by atoms with Gasteiger partial charge in [0.15, 0.2) is 0 Å². The number of aromatic nitrogens is 1. The summed E-state index contributed by atoms with van der Waals surface area (Å²) < 4.78 is 19.3. The summed E-state index contributed by atoms with van der Waals surface area (Å²) in [5.41, 5.74) is 2.73. The van der Waals surface area contributed by atoms with E-state index in [4.69, 9.17) is 39.5 Å². The number of rotatable bonds is 3. The zero-order valence-corrected chi connectivity index (χ0v) is 15.4. The van der Waals surface area contributed by atoms with Gasteiger partial charge in [0.1, 0.15) is 16.7 Å². The molecule has 0 amide bonds. The van der Waals surface area contributed by atoms with Gasteiger partial charge in [-0.15, -0.1) is 0 Å². The lowest BCUT2D eigenvalue weighted by molar-refractivity contribution is 0.409. The fraction of sp³-hybridized carbons (Fsp3) is 0.0526. The largest absolute Gasteiger partial charge is 0.496 e. The average Bonchev–Trinajstić information content (AvgIpc) is 2.60. The normalized spacial score (nSPS) is 10.8. The third kappa shape index (κ3) is 3.32. The number of pyridine rings is 1. The van der Waals surface area contributed by atoms with Crippen LogP contribution in [-0.2, 0) is 0 Å². The van der Waals surface area contributed by atoms with Gasteiger partial charge in [-0.2, -0.15) is 0 Å². The molecule has 127 valence electrons. The highest BCUT2D eigenvalue weighted by Gasteiger charge is 2.16. The molecule has 0 unspecified atom stereocenters. The van der Waals surface area contributed by atoms with Gasteiger partial charge in [-0.1, -0.05) is 53.0 Å². The number of nitrogens with zero attached hydrogens (tertiary/aromatic N) is 1. The van der Waals surface area contributed by atoms with Crippen molar-refractivity contribution in [3.05, 3.63) is 76.1 Å². The molecule has 0 N–H and O–H groups in total. The Morgan fingerprint density at radius 3 is 2.40 bits per heavy atom. The summed E-state index contributed by atoms with van der Waals surface area (Å²) in [5, 5.41) is 0.916. The van der Waals surface area contributed by atoms with Gasteiger partial charge in [-0.3, -0.25) is 0 Å². The van der Waals surface area contributed by atoms with Crippen molar-refractivity contribution in [3.8, 4) is 28.0 Å². The van der Waals surface area contributed by atoms with Crippen molar-refractivity contribution in [1.29, 1.82) is 0 Å². The minimum atomic E-state index is -0.471. The molecule has 0 bridgehead atoms. The molecule has 0 saturated heterocycles. The summed E-state index contributed by atoms with van der Waals surface area (Å²) in [6.45, 7) is 3.66. The van der Waals surface area contributed by atoms with Crippen molar-refractivity contribution in [2.45, 2.75) is 0 Å². The van der Waals surface area contributed by atoms with E-state index in [9.17, 15) is 4.39 Å². The van der Waals surface area contributed by atoms with Gasteiger partial charge in [0.2, 0.25) is 0 Å². The molecule has 0 aliphatic rings. The van der Waals surface area contributed by atoms with Crippen molar-refractivity contribution in [2.24, 2.45) is 0 Å². The molecule has 1 radical (unpaired) electrons. The zero-order chi connectivity index (χ0) is 18.1. The van der Waals surface area contributed by atoms with Gasteiger partial charge < -0.3 is 4.74 Å². The summed E-state index contributed by atoms with van der Waals surface area (Å²) >= 11 is 18.8. The second-order valence-corrected chi connectivity index (χ2v) is 6.38. The number of methoxy groups -OCH3 is 1. The SMILES string of the molecule is [CH2]c1c(F)cc(-c2cccc(-c3ccnc(Cl)c3Cl)c2Cl)cc1OC. The van der Waals surface area contributed by atoms with Gasteiger partial charge in [-0.25, -0.2) is 9.37 Å². The second kappa shape index (κ2) is 7.20. The molecule has 1 heterocycles.